The van der Waals surface area contributed by atoms with Crippen LogP contribution in [0.4, 0.5) is 0 Å². The van der Waals surface area contributed by atoms with E-state index in [1.54, 1.807) is 12.2 Å². The highest BCUT2D eigenvalue weighted by molar-refractivity contribution is 7.47. The van der Waals surface area contributed by atoms with Gasteiger partial charge in [-0.05, 0) is 70.6 Å². The minimum atomic E-state index is -4.84. The fraction of sp³-hybridized carbons (Fsp3) is 0.667. The number of carbonyl (C=O) groups excluding carboxylic acids is 3. The summed E-state index contributed by atoms with van der Waals surface area (Å²) in [7, 11) is -4.84. The van der Waals surface area contributed by atoms with Gasteiger partial charge in [0.15, 0.2) is 6.10 Å². The monoisotopic (exact) mass is 924 g/mol. The number of carboxylic acids is 1. The van der Waals surface area contributed by atoms with E-state index in [0.717, 1.165) is 70.6 Å². The number of allylic oxidation sites excluding steroid dienone is 10. The normalized spacial score (nSPS) is 20.5. The number of rotatable bonds is 38. The largest absolute Gasteiger partial charge is 0.480 e. The number of hydrogen-bond acceptors (Lipinski definition) is 13. The smallest absolute Gasteiger partial charge is 0.472 e. The molecule has 0 amide bonds. The number of aliphatic carboxylic acids is 1. The van der Waals surface area contributed by atoms with Gasteiger partial charge in [0, 0.05) is 43.9 Å². The van der Waals surface area contributed by atoms with E-state index in [2.05, 4.69) is 79.1 Å². The molecule has 0 aromatic carbocycles. The third kappa shape index (κ3) is 30.6. The van der Waals surface area contributed by atoms with Gasteiger partial charge in [0.25, 0.3) is 0 Å². The Labute approximate surface area is 381 Å². The van der Waals surface area contributed by atoms with Crippen LogP contribution in [0, 0.1) is 11.8 Å². The average Bonchev–Trinajstić information content (AvgIpc) is 3.52. The zero-order valence-corrected chi connectivity index (χ0v) is 39.1. The summed E-state index contributed by atoms with van der Waals surface area (Å²) in [5.41, 5.74) is 5.32. The molecule has 64 heavy (non-hydrogen) atoms. The molecule has 0 aromatic heterocycles. The van der Waals surface area contributed by atoms with E-state index in [-0.39, 0.29) is 44.3 Å². The van der Waals surface area contributed by atoms with E-state index in [1.807, 2.05) is 0 Å². The second-order valence-electron chi connectivity index (χ2n) is 16.1. The lowest BCUT2D eigenvalue weighted by Crippen LogP contribution is -2.34. The molecular formula is C48H78NO14P. The van der Waals surface area contributed by atoms with Crippen LogP contribution in [0.2, 0.25) is 0 Å². The molecule has 15 nitrogen and oxygen atoms in total. The standard InChI is InChI=1S/C48H78NO14P/c1-3-5-7-8-9-10-11-12-13-14-15-16-17-18-19-20-21-22-24-29-46(54)60-35-40(36-61-64(58,59)62-37-43(49)48(56)57)63-47(55)30-26-25-28-39(51)33-42-41(44(52)34-45(42)53)32-31-38(50)27-23-6-4-2/h5,7,9-10,12-13,15-16,18-19,31-32,38,40-45,50,52-53H,3-4,6,8,11,14,17,20-30,33-37,49H2,1-2H3,(H,56,57)(H,58,59)/b7-5-,10-9-,13-12-,16-15-,19-18-,32-31+/t38-,40+,41+,42+,43-,44+,45-/m0/s1. The fourth-order valence-corrected chi connectivity index (χ4v) is 7.51. The van der Waals surface area contributed by atoms with Gasteiger partial charge in [-0.2, -0.15) is 0 Å². The maximum absolute atomic E-state index is 12.9. The van der Waals surface area contributed by atoms with Crippen molar-refractivity contribution < 1.29 is 67.6 Å². The van der Waals surface area contributed by atoms with E-state index in [4.69, 9.17) is 24.8 Å². The van der Waals surface area contributed by atoms with Gasteiger partial charge in [-0.25, -0.2) is 4.57 Å². The van der Waals surface area contributed by atoms with Gasteiger partial charge in [0.2, 0.25) is 0 Å². The van der Waals surface area contributed by atoms with Gasteiger partial charge in [-0.3, -0.25) is 28.2 Å². The van der Waals surface area contributed by atoms with Crippen LogP contribution in [0.1, 0.15) is 142 Å². The van der Waals surface area contributed by atoms with Crippen LogP contribution < -0.4 is 5.73 Å². The Morgan fingerprint density at radius 1 is 0.719 bits per heavy atom. The van der Waals surface area contributed by atoms with Gasteiger partial charge in [0.05, 0.1) is 31.5 Å². The number of aliphatic hydroxyl groups is 3. The minimum Gasteiger partial charge on any atom is -0.480 e. The molecule has 1 unspecified atom stereocenters. The highest BCUT2D eigenvalue weighted by Crippen LogP contribution is 2.43. The quantitative estimate of drug-likeness (QED) is 0.0148. The molecule has 0 heterocycles. The van der Waals surface area contributed by atoms with Gasteiger partial charge < -0.3 is 40.5 Å². The first-order chi connectivity index (χ1) is 30.7. The summed E-state index contributed by atoms with van der Waals surface area (Å²) in [5, 5.41) is 40.3. The van der Waals surface area contributed by atoms with Crippen LogP contribution in [-0.2, 0) is 42.3 Å². The molecule has 0 saturated heterocycles. The lowest BCUT2D eigenvalue weighted by Gasteiger charge is -2.21. The first-order valence-electron chi connectivity index (χ1n) is 23.1. The van der Waals surface area contributed by atoms with Crippen molar-refractivity contribution in [2.45, 2.75) is 173 Å². The molecule has 1 fully saturated rings. The average molecular weight is 924 g/mol. The molecule has 0 aliphatic heterocycles. The molecule has 8 atom stereocenters. The summed E-state index contributed by atoms with van der Waals surface area (Å²) >= 11 is 0. The summed E-state index contributed by atoms with van der Waals surface area (Å²) in [6.45, 7) is 2.15. The number of hydrogen-bond donors (Lipinski definition) is 6. The van der Waals surface area contributed by atoms with Gasteiger partial charge in [0.1, 0.15) is 18.4 Å². The van der Waals surface area contributed by atoms with Crippen molar-refractivity contribution in [2.24, 2.45) is 17.6 Å². The molecule has 1 saturated carbocycles. The second kappa shape index (κ2) is 36.7. The summed E-state index contributed by atoms with van der Waals surface area (Å²) < 4.78 is 32.6. The summed E-state index contributed by atoms with van der Waals surface area (Å²) in [4.78, 5) is 59.2. The molecular weight excluding hydrogens is 845 g/mol. The molecule has 0 spiro atoms. The van der Waals surface area contributed by atoms with Crippen molar-refractivity contribution in [3.63, 3.8) is 0 Å². The zero-order chi connectivity index (χ0) is 47.4. The number of carbonyl (C=O) groups is 4. The number of aliphatic hydroxyl groups excluding tert-OH is 3. The van der Waals surface area contributed by atoms with Crippen LogP contribution in [-0.4, -0.2) is 99.3 Å². The van der Waals surface area contributed by atoms with Crippen LogP contribution in [0.15, 0.2) is 72.9 Å². The third-order valence-corrected chi connectivity index (χ3v) is 11.4. The van der Waals surface area contributed by atoms with Crippen molar-refractivity contribution >= 4 is 31.5 Å². The van der Waals surface area contributed by atoms with Crippen molar-refractivity contribution in [3.8, 4) is 0 Å². The predicted molar refractivity (Wildman–Crippen MR) is 247 cm³/mol. The van der Waals surface area contributed by atoms with Crippen molar-refractivity contribution in [2.75, 3.05) is 19.8 Å². The topological polar surface area (TPSA) is 249 Å². The number of phosphoric acid groups is 1. The number of Topliss-reactive ketones (excluding diaryl/α,β-unsaturated/α-hetero) is 1. The fourth-order valence-electron chi connectivity index (χ4n) is 6.73. The Morgan fingerprint density at radius 2 is 1.30 bits per heavy atom. The third-order valence-electron chi connectivity index (χ3n) is 10.4. The lowest BCUT2D eigenvalue weighted by atomic mass is 9.87. The first-order valence-corrected chi connectivity index (χ1v) is 24.6. The number of carboxylic acid groups (broad SMARTS) is 1. The Balaban J connectivity index is 2.53. The van der Waals surface area contributed by atoms with Crippen molar-refractivity contribution in [1.29, 1.82) is 0 Å². The lowest BCUT2D eigenvalue weighted by molar-refractivity contribution is -0.161. The van der Waals surface area contributed by atoms with E-state index >= 15 is 0 Å². The van der Waals surface area contributed by atoms with Gasteiger partial charge in [-0.15, -0.1) is 0 Å². The molecule has 0 radical (unpaired) electrons. The minimum absolute atomic E-state index is 0.0271. The Hall–Kier alpha value is -3.53. The molecule has 0 aromatic rings. The summed E-state index contributed by atoms with van der Waals surface area (Å²) in [6.07, 6.45) is 33.1. The number of phosphoric ester groups is 1. The second-order valence-corrected chi connectivity index (χ2v) is 17.6. The highest BCUT2D eigenvalue weighted by atomic mass is 31.2. The van der Waals surface area contributed by atoms with Crippen LogP contribution in [0.25, 0.3) is 0 Å². The van der Waals surface area contributed by atoms with Crippen LogP contribution in [0.5, 0.6) is 0 Å². The van der Waals surface area contributed by atoms with E-state index < -0.39 is 87.8 Å². The number of ketones is 1. The van der Waals surface area contributed by atoms with Crippen LogP contribution >= 0.6 is 7.82 Å². The van der Waals surface area contributed by atoms with E-state index in [1.165, 1.54) is 0 Å². The predicted octanol–water partition coefficient (Wildman–Crippen LogP) is 8.06. The highest BCUT2D eigenvalue weighted by Gasteiger charge is 2.41. The summed E-state index contributed by atoms with van der Waals surface area (Å²) in [5.74, 6) is -3.90. The molecule has 16 heteroatoms. The number of unbranched alkanes of at least 4 members (excludes halogenated alkanes) is 6. The Bertz CT molecular complexity index is 1540. The number of ether oxygens (including phenoxy) is 2. The van der Waals surface area contributed by atoms with E-state index in [9.17, 15) is 44.0 Å². The SMILES string of the molecule is CC/C=C\C/C=C\C/C=C\C/C=C\C/C=C\CCCCCC(=O)OC[C@H](COP(=O)(O)OC[C@H](N)C(=O)O)OC(=O)CCCCC(=O)C[C@@H]1[C@@H](/C=C/[C@@H](O)CCCCC)[C@H](O)C[C@@H]1O. The summed E-state index contributed by atoms with van der Waals surface area (Å²) in [6, 6.07) is -1.59. The maximum Gasteiger partial charge on any atom is 0.472 e. The van der Waals surface area contributed by atoms with Crippen molar-refractivity contribution in [3.05, 3.63) is 72.9 Å². The number of esters is 2. The molecule has 364 valence electrons. The van der Waals surface area contributed by atoms with Gasteiger partial charge in [-0.1, -0.05) is 112 Å². The first kappa shape index (κ1) is 58.5. The Morgan fingerprint density at radius 3 is 1.92 bits per heavy atom. The number of nitrogens with two attached hydrogens (primary N) is 1. The maximum atomic E-state index is 12.9. The molecule has 1 rings (SSSR count). The van der Waals surface area contributed by atoms with E-state index in [0.29, 0.717) is 19.3 Å². The van der Waals surface area contributed by atoms with Crippen LogP contribution in [0.3, 0.4) is 0 Å². The Kier molecular flexibility index (Phi) is 33.5. The van der Waals surface area contributed by atoms with Crippen molar-refractivity contribution in [1.82, 2.24) is 0 Å². The molecule has 1 aliphatic carbocycles. The van der Waals surface area contributed by atoms with Gasteiger partial charge >= 0.3 is 25.7 Å². The molecule has 0 bridgehead atoms. The molecule has 1 aliphatic rings. The zero-order valence-electron chi connectivity index (χ0n) is 38.2. The molecule has 7 N–H and O–H groups in total.